The van der Waals surface area contributed by atoms with Gasteiger partial charge in [0.2, 0.25) is 5.69 Å². The summed E-state index contributed by atoms with van der Waals surface area (Å²) < 4.78 is 2.31. The Balaban J connectivity index is 1.69. The second-order valence-corrected chi connectivity index (χ2v) is 9.33. The number of fused-ring (bicyclic) bond motifs is 6. The lowest BCUT2D eigenvalue weighted by Gasteiger charge is -2.38. The van der Waals surface area contributed by atoms with Gasteiger partial charge in [0.05, 0.1) is 28.0 Å². The summed E-state index contributed by atoms with van der Waals surface area (Å²) in [6.07, 6.45) is 2.20. The second-order valence-electron chi connectivity index (χ2n) is 9.33. The van der Waals surface area contributed by atoms with Gasteiger partial charge >= 0.3 is 0 Å². The number of hydrogen-bond acceptors (Lipinski definition) is 1. The number of hydrogen-bond donors (Lipinski definition) is 0. The molecule has 33 heavy (non-hydrogen) atoms. The summed E-state index contributed by atoms with van der Waals surface area (Å²) in [5.74, 6) is 0. The highest BCUT2D eigenvalue weighted by molar-refractivity contribution is 6.24. The summed E-state index contributed by atoms with van der Waals surface area (Å²) in [6.45, 7) is 2.29. The molecule has 0 saturated carbocycles. The first-order valence-corrected chi connectivity index (χ1v) is 11.5. The summed E-state index contributed by atoms with van der Waals surface area (Å²) in [4.78, 5) is 2.54. The minimum atomic E-state index is 1.27. The number of aryl methyl sites for hydroxylation is 2. The molecule has 2 aliphatic heterocycles. The van der Waals surface area contributed by atoms with Crippen LogP contribution in [0.1, 0.15) is 5.56 Å². The minimum absolute atomic E-state index is 1.27. The first kappa shape index (κ1) is 17.4. The maximum absolute atomic E-state index is 2.54. The van der Waals surface area contributed by atoms with E-state index in [9.17, 15) is 0 Å². The van der Waals surface area contributed by atoms with Crippen molar-refractivity contribution in [3.8, 4) is 22.4 Å². The van der Waals surface area contributed by atoms with E-state index in [-0.39, 0.29) is 0 Å². The van der Waals surface area contributed by atoms with Crippen molar-refractivity contribution >= 4 is 49.4 Å². The Bertz CT molecular complexity index is 1840. The molecule has 2 nitrogen and oxygen atoms in total. The van der Waals surface area contributed by atoms with Crippen molar-refractivity contribution < 1.29 is 4.57 Å². The molecule has 0 radical (unpaired) electrons. The topological polar surface area (TPSA) is 7.12 Å². The fourth-order valence-electron chi connectivity index (χ4n) is 6.28. The molecule has 1 aromatic heterocycles. The molecule has 2 aliphatic rings. The van der Waals surface area contributed by atoms with Gasteiger partial charge in [-0.15, -0.1) is 0 Å². The van der Waals surface area contributed by atoms with E-state index in [2.05, 4.69) is 115 Å². The van der Waals surface area contributed by atoms with Gasteiger partial charge in [-0.25, -0.2) is 4.57 Å². The second kappa shape index (κ2) is 5.79. The smallest absolute Gasteiger partial charge is 0.224 e. The van der Waals surface area contributed by atoms with Crippen LogP contribution < -0.4 is 9.47 Å². The molecule has 154 valence electrons. The van der Waals surface area contributed by atoms with Gasteiger partial charge in [-0.3, -0.25) is 0 Å². The summed E-state index contributed by atoms with van der Waals surface area (Å²) in [6, 6.07) is 31.5. The minimum Gasteiger partial charge on any atom is -0.307 e. The van der Waals surface area contributed by atoms with Crippen molar-refractivity contribution in [2.24, 2.45) is 7.05 Å². The average molecular weight is 422 g/mol. The van der Waals surface area contributed by atoms with Crippen molar-refractivity contribution in [2.45, 2.75) is 6.92 Å². The molecule has 0 saturated heterocycles. The SMILES string of the molecule is Cc1c2c(cc3ccccc13)N1c3cccc4cccc(c34)-c3ccc4cc[n+](C)c-2c4c31. The number of anilines is 3. The van der Waals surface area contributed by atoms with Crippen LogP contribution in [0.4, 0.5) is 17.1 Å². The Labute approximate surface area is 191 Å². The van der Waals surface area contributed by atoms with Gasteiger partial charge in [0.15, 0.2) is 6.20 Å². The largest absolute Gasteiger partial charge is 0.307 e. The maximum Gasteiger partial charge on any atom is 0.224 e. The first-order chi connectivity index (χ1) is 16.2. The molecule has 0 amide bonds. The van der Waals surface area contributed by atoms with Gasteiger partial charge in [0, 0.05) is 17.0 Å². The van der Waals surface area contributed by atoms with Crippen LogP contribution in [0.3, 0.4) is 0 Å². The summed E-state index contributed by atoms with van der Waals surface area (Å²) in [5.41, 5.74) is 10.5. The van der Waals surface area contributed by atoms with Crippen LogP contribution in [0.5, 0.6) is 0 Å². The molecule has 0 unspecified atom stereocenters. The van der Waals surface area contributed by atoms with E-state index >= 15 is 0 Å². The lowest BCUT2D eigenvalue weighted by molar-refractivity contribution is -0.659. The van der Waals surface area contributed by atoms with Crippen LogP contribution in [0.25, 0.3) is 54.7 Å². The van der Waals surface area contributed by atoms with E-state index < -0.39 is 0 Å². The Morgan fingerprint density at radius 3 is 2.36 bits per heavy atom. The summed E-state index contributed by atoms with van der Waals surface area (Å²) in [5, 5.41) is 7.87. The monoisotopic (exact) mass is 421 g/mol. The molecule has 0 spiro atoms. The fourth-order valence-corrected chi connectivity index (χ4v) is 6.28. The summed E-state index contributed by atoms with van der Waals surface area (Å²) in [7, 11) is 2.18. The number of benzene rings is 5. The van der Waals surface area contributed by atoms with Gasteiger partial charge < -0.3 is 4.90 Å². The van der Waals surface area contributed by atoms with E-state index in [1.165, 1.54) is 77.3 Å². The van der Waals surface area contributed by atoms with E-state index in [0.29, 0.717) is 0 Å². The van der Waals surface area contributed by atoms with E-state index in [1.54, 1.807) is 0 Å². The molecule has 6 aromatic rings. The molecule has 2 heteroatoms. The highest BCUT2D eigenvalue weighted by atomic mass is 15.2. The zero-order valence-electron chi connectivity index (χ0n) is 18.6. The lowest BCUT2D eigenvalue weighted by Crippen LogP contribution is -2.33. The number of nitrogens with zero attached hydrogens (tertiary/aromatic N) is 2. The van der Waals surface area contributed by atoms with Crippen LogP contribution in [-0.4, -0.2) is 0 Å². The van der Waals surface area contributed by atoms with E-state index in [4.69, 9.17) is 0 Å². The van der Waals surface area contributed by atoms with Gasteiger partial charge in [-0.2, -0.15) is 0 Å². The molecule has 5 aromatic carbocycles. The van der Waals surface area contributed by atoms with Gasteiger partial charge in [-0.05, 0) is 51.7 Å². The molecule has 0 fully saturated rings. The molecule has 0 atom stereocenters. The van der Waals surface area contributed by atoms with Crippen LogP contribution in [0.2, 0.25) is 0 Å². The van der Waals surface area contributed by atoms with Crippen molar-refractivity contribution in [1.82, 2.24) is 0 Å². The van der Waals surface area contributed by atoms with Crippen molar-refractivity contribution in [1.29, 1.82) is 0 Å². The van der Waals surface area contributed by atoms with Crippen molar-refractivity contribution in [3.63, 3.8) is 0 Å². The standard InChI is InChI=1S/C31H21N2/c1-18-22-10-4-3-7-21(22)17-26-27(18)31-29-20(15-16-32(31)2)13-14-24-23-11-5-8-19-9-6-12-25(28(19)23)33(26)30(24)29/h3-17H,1-2H3/q+1. The first-order valence-electron chi connectivity index (χ1n) is 11.5. The third kappa shape index (κ3) is 1.98. The van der Waals surface area contributed by atoms with Gasteiger partial charge in [0.25, 0.3) is 0 Å². The molecular formula is C31H21N2+. The normalized spacial score (nSPS) is 13.1. The zero-order valence-corrected chi connectivity index (χ0v) is 18.6. The predicted octanol–water partition coefficient (Wildman–Crippen LogP) is 7.71. The van der Waals surface area contributed by atoms with Gasteiger partial charge in [0.1, 0.15) is 7.05 Å². The van der Waals surface area contributed by atoms with E-state index in [0.717, 1.165) is 0 Å². The Morgan fingerprint density at radius 2 is 1.45 bits per heavy atom. The predicted molar refractivity (Wildman–Crippen MR) is 138 cm³/mol. The van der Waals surface area contributed by atoms with Crippen molar-refractivity contribution in [2.75, 3.05) is 4.90 Å². The van der Waals surface area contributed by atoms with Crippen LogP contribution in [0, 0.1) is 6.92 Å². The van der Waals surface area contributed by atoms with Crippen molar-refractivity contribution in [3.05, 3.63) is 96.7 Å². The highest BCUT2D eigenvalue weighted by Crippen LogP contribution is 2.59. The Kier molecular flexibility index (Phi) is 3.05. The average Bonchev–Trinajstić information content (AvgIpc) is 2.85. The number of rotatable bonds is 0. The molecule has 0 N–H and O–H groups in total. The Morgan fingerprint density at radius 1 is 0.667 bits per heavy atom. The van der Waals surface area contributed by atoms with Gasteiger partial charge in [-0.1, -0.05) is 66.7 Å². The molecule has 3 heterocycles. The molecule has 8 rings (SSSR count). The Hall–Kier alpha value is -4.17. The highest BCUT2D eigenvalue weighted by Gasteiger charge is 2.38. The fraction of sp³-hybridized carbons (Fsp3) is 0.0645. The molecular weight excluding hydrogens is 400 g/mol. The molecule has 0 bridgehead atoms. The van der Waals surface area contributed by atoms with E-state index in [1.807, 2.05) is 0 Å². The molecule has 0 aliphatic carbocycles. The lowest BCUT2D eigenvalue weighted by atomic mass is 9.83. The maximum atomic E-state index is 2.54. The number of aromatic nitrogens is 1. The van der Waals surface area contributed by atoms with Crippen LogP contribution >= 0.6 is 0 Å². The van der Waals surface area contributed by atoms with Crippen LogP contribution in [0.15, 0.2) is 91.1 Å². The van der Waals surface area contributed by atoms with Crippen LogP contribution in [-0.2, 0) is 7.05 Å². The zero-order chi connectivity index (χ0) is 21.8. The third-order valence-electron chi connectivity index (χ3n) is 7.68. The quantitative estimate of drug-likeness (QED) is 0.227. The summed E-state index contributed by atoms with van der Waals surface area (Å²) >= 11 is 0. The number of pyridine rings is 1. The third-order valence-corrected chi connectivity index (χ3v) is 7.68.